The Morgan fingerprint density at radius 2 is 1.66 bits per heavy atom. The highest BCUT2D eigenvalue weighted by Crippen LogP contribution is 2.29. The fourth-order valence-corrected chi connectivity index (χ4v) is 4.71. The van der Waals surface area contributed by atoms with Crippen LogP contribution in [0, 0.1) is 18.3 Å². The number of aryl methyl sites for hydroxylation is 1. The molecule has 2 aromatic carbocycles. The van der Waals surface area contributed by atoms with Crippen LogP contribution in [-0.4, -0.2) is 65.7 Å². The number of hydrogen-bond donors (Lipinski definition) is 2. The molecule has 0 bridgehead atoms. The minimum absolute atomic E-state index is 0.0567. The van der Waals surface area contributed by atoms with E-state index >= 15 is 0 Å². The van der Waals surface area contributed by atoms with Gasteiger partial charge in [0.05, 0.1) is 17.7 Å². The molecule has 0 aliphatic carbocycles. The van der Waals surface area contributed by atoms with Crippen molar-refractivity contribution in [1.29, 1.82) is 5.26 Å². The van der Waals surface area contributed by atoms with E-state index in [9.17, 15) is 14.4 Å². The molecule has 0 atom stereocenters. The standard InChI is InChI=1S/C29H35N5O4/c1-19-5-8-23(26(35)33-13-11-22(12-14-33)21-9-6-20(16-30)7-10-21)15-25(19)32-27(36)31-24-17-34(18-24)28(37)38-29(2,3)4/h5-10,15,22,24H,11-14,17-18H2,1-4H3,(H2,31,32,36). The van der Waals surface area contributed by atoms with Gasteiger partial charge >= 0.3 is 12.1 Å². The second kappa shape index (κ2) is 11.1. The van der Waals surface area contributed by atoms with Crippen LogP contribution in [0.2, 0.25) is 0 Å². The first-order valence-electron chi connectivity index (χ1n) is 13.0. The molecule has 2 fully saturated rings. The molecule has 2 aliphatic rings. The van der Waals surface area contributed by atoms with Gasteiger partial charge in [0.25, 0.3) is 5.91 Å². The number of ether oxygens (including phenoxy) is 1. The van der Waals surface area contributed by atoms with E-state index in [0.717, 1.165) is 18.4 Å². The number of nitriles is 1. The van der Waals surface area contributed by atoms with E-state index in [4.69, 9.17) is 10.00 Å². The largest absolute Gasteiger partial charge is 0.444 e. The SMILES string of the molecule is Cc1ccc(C(=O)N2CCC(c3ccc(C#N)cc3)CC2)cc1NC(=O)NC1CN(C(=O)OC(C)(C)C)C1. The molecule has 9 nitrogen and oxygen atoms in total. The molecule has 0 saturated carbocycles. The van der Waals surface area contributed by atoms with Crippen LogP contribution in [0.4, 0.5) is 15.3 Å². The van der Waals surface area contributed by atoms with Gasteiger partial charge in [0.15, 0.2) is 0 Å². The fraction of sp³-hybridized carbons (Fsp3) is 0.448. The van der Waals surface area contributed by atoms with Crippen LogP contribution in [0.1, 0.15) is 66.6 Å². The van der Waals surface area contributed by atoms with Gasteiger partial charge in [0.2, 0.25) is 0 Å². The van der Waals surface area contributed by atoms with E-state index < -0.39 is 5.60 Å². The molecular formula is C29H35N5O4. The third kappa shape index (κ3) is 6.62. The van der Waals surface area contributed by atoms with Crippen LogP contribution >= 0.6 is 0 Å². The first kappa shape index (κ1) is 27.0. The van der Waals surface area contributed by atoms with Crippen LogP contribution < -0.4 is 10.6 Å². The third-order valence-electron chi connectivity index (χ3n) is 6.89. The number of carbonyl (C=O) groups is 3. The topological polar surface area (TPSA) is 115 Å². The molecule has 2 N–H and O–H groups in total. The second-order valence-corrected chi connectivity index (χ2v) is 11.0. The highest BCUT2D eigenvalue weighted by molar-refractivity contribution is 5.97. The van der Waals surface area contributed by atoms with Gasteiger partial charge in [0, 0.05) is 37.4 Å². The molecule has 4 rings (SSSR count). The number of hydrogen-bond acceptors (Lipinski definition) is 5. The van der Waals surface area contributed by atoms with Crippen LogP contribution in [0.3, 0.4) is 0 Å². The lowest BCUT2D eigenvalue weighted by Crippen LogP contribution is -2.62. The minimum Gasteiger partial charge on any atom is -0.444 e. The summed E-state index contributed by atoms with van der Waals surface area (Å²) in [6.45, 7) is 9.39. The normalized spacial score (nSPS) is 16.3. The van der Waals surface area contributed by atoms with Gasteiger partial charge in [-0.25, -0.2) is 9.59 Å². The number of carbonyl (C=O) groups excluding carboxylic acids is 3. The lowest BCUT2D eigenvalue weighted by atomic mass is 9.89. The summed E-state index contributed by atoms with van der Waals surface area (Å²) in [6.07, 6.45) is 1.33. The van der Waals surface area contributed by atoms with Crippen molar-refractivity contribution < 1.29 is 19.1 Å². The summed E-state index contributed by atoms with van der Waals surface area (Å²) < 4.78 is 5.34. The molecule has 200 valence electrons. The fourth-order valence-electron chi connectivity index (χ4n) is 4.71. The van der Waals surface area contributed by atoms with Gasteiger partial charge in [-0.2, -0.15) is 5.26 Å². The Hall–Kier alpha value is -4.06. The van der Waals surface area contributed by atoms with Crippen molar-refractivity contribution in [2.45, 2.75) is 58.1 Å². The van der Waals surface area contributed by atoms with E-state index in [1.165, 1.54) is 5.56 Å². The molecule has 4 amide bonds. The molecule has 9 heteroatoms. The summed E-state index contributed by atoms with van der Waals surface area (Å²) in [6, 6.07) is 14.6. The third-order valence-corrected chi connectivity index (χ3v) is 6.89. The maximum absolute atomic E-state index is 13.2. The Morgan fingerprint density at radius 1 is 1.00 bits per heavy atom. The van der Waals surface area contributed by atoms with Crippen molar-refractivity contribution in [3.8, 4) is 6.07 Å². The van der Waals surface area contributed by atoms with E-state index in [0.29, 0.717) is 48.9 Å². The van der Waals surface area contributed by atoms with Crippen LogP contribution in [-0.2, 0) is 4.74 Å². The zero-order chi connectivity index (χ0) is 27.4. The van der Waals surface area contributed by atoms with Gasteiger partial charge in [-0.15, -0.1) is 0 Å². The predicted octanol–water partition coefficient (Wildman–Crippen LogP) is 4.63. The lowest BCUT2D eigenvalue weighted by molar-refractivity contribution is 0.00648. The number of nitrogens with zero attached hydrogens (tertiary/aromatic N) is 3. The smallest absolute Gasteiger partial charge is 0.410 e. The Morgan fingerprint density at radius 3 is 2.26 bits per heavy atom. The summed E-state index contributed by atoms with van der Waals surface area (Å²) in [5.41, 5.74) is 3.24. The quantitative estimate of drug-likeness (QED) is 0.614. The van der Waals surface area contributed by atoms with Gasteiger partial charge < -0.3 is 25.2 Å². The summed E-state index contributed by atoms with van der Waals surface area (Å²) in [7, 11) is 0. The number of piperidine rings is 1. The van der Waals surface area contributed by atoms with Gasteiger partial charge in [0.1, 0.15) is 5.60 Å². The Kier molecular flexibility index (Phi) is 7.91. The summed E-state index contributed by atoms with van der Waals surface area (Å²) >= 11 is 0. The molecule has 2 aromatic rings. The first-order valence-corrected chi connectivity index (χ1v) is 13.0. The van der Waals surface area contributed by atoms with Gasteiger partial charge in [-0.05, 0) is 81.8 Å². The Labute approximate surface area is 223 Å². The number of nitrogens with one attached hydrogen (secondary N) is 2. The maximum Gasteiger partial charge on any atom is 0.410 e. The Balaban J connectivity index is 1.28. The van der Waals surface area contributed by atoms with Crippen molar-refractivity contribution >= 4 is 23.7 Å². The van der Waals surface area contributed by atoms with Crippen molar-refractivity contribution in [2.24, 2.45) is 0 Å². The van der Waals surface area contributed by atoms with Crippen LogP contribution in [0.15, 0.2) is 42.5 Å². The molecule has 0 spiro atoms. The van der Waals surface area contributed by atoms with Crippen molar-refractivity contribution in [3.63, 3.8) is 0 Å². The molecule has 0 aromatic heterocycles. The molecule has 2 saturated heterocycles. The molecule has 0 unspecified atom stereocenters. The Bertz CT molecular complexity index is 1230. The van der Waals surface area contributed by atoms with Gasteiger partial charge in [-0.3, -0.25) is 4.79 Å². The van der Waals surface area contributed by atoms with E-state index in [1.807, 2.05) is 62.9 Å². The van der Waals surface area contributed by atoms with Gasteiger partial charge in [-0.1, -0.05) is 18.2 Å². The van der Waals surface area contributed by atoms with Crippen LogP contribution in [0.5, 0.6) is 0 Å². The number of urea groups is 1. The molecule has 38 heavy (non-hydrogen) atoms. The second-order valence-electron chi connectivity index (χ2n) is 11.0. The molecule has 2 aliphatic heterocycles. The molecule has 0 radical (unpaired) electrons. The average Bonchev–Trinajstić information content (AvgIpc) is 2.86. The van der Waals surface area contributed by atoms with Crippen molar-refractivity contribution in [3.05, 3.63) is 64.7 Å². The zero-order valence-electron chi connectivity index (χ0n) is 22.4. The predicted molar refractivity (Wildman–Crippen MR) is 144 cm³/mol. The number of likely N-dealkylation sites (tertiary alicyclic amines) is 2. The van der Waals surface area contributed by atoms with Crippen molar-refractivity contribution in [2.75, 3.05) is 31.5 Å². The molecular weight excluding hydrogens is 482 g/mol. The average molecular weight is 518 g/mol. The zero-order valence-corrected chi connectivity index (χ0v) is 22.4. The highest BCUT2D eigenvalue weighted by Gasteiger charge is 2.34. The van der Waals surface area contributed by atoms with E-state index in [1.54, 1.807) is 17.0 Å². The number of benzene rings is 2. The number of rotatable bonds is 4. The number of anilines is 1. The van der Waals surface area contributed by atoms with E-state index in [-0.39, 0.29) is 24.1 Å². The maximum atomic E-state index is 13.2. The number of amides is 4. The monoisotopic (exact) mass is 517 g/mol. The lowest BCUT2D eigenvalue weighted by Gasteiger charge is -2.39. The highest BCUT2D eigenvalue weighted by atomic mass is 16.6. The van der Waals surface area contributed by atoms with Crippen LogP contribution in [0.25, 0.3) is 0 Å². The van der Waals surface area contributed by atoms with Crippen molar-refractivity contribution in [1.82, 2.24) is 15.1 Å². The summed E-state index contributed by atoms with van der Waals surface area (Å²) in [4.78, 5) is 41.3. The summed E-state index contributed by atoms with van der Waals surface area (Å²) in [5.74, 6) is 0.308. The summed E-state index contributed by atoms with van der Waals surface area (Å²) in [5, 5.41) is 14.7. The first-order chi connectivity index (χ1) is 18.0. The minimum atomic E-state index is -0.562. The molecule has 2 heterocycles. The van der Waals surface area contributed by atoms with E-state index in [2.05, 4.69) is 16.7 Å².